The SMILES string of the molecule is Cc1c(Cl)cccc1NC(=O)C(=O)N/N=C\c1c(OC(=O)c2ccc(Cl)cc2)ccc2ccccc12. The van der Waals surface area contributed by atoms with Gasteiger partial charge < -0.3 is 10.1 Å². The van der Waals surface area contributed by atoms with E-state index in [2.05, 4.69) is 15.8 Å². The molecule has 0 fully saturated rings. The van der Waals surface area contributed by atoms with Crippen molar-refractivity contribution >= 4 is 63.7 Å². The van der Waals surface area contributed by atoms with E-state index in [0.29, 0.717) is 32.4 Å². The number of hydrazone groups is 1. The van der Waals surface area contributed by atoms with Crippen molar-refractivity contribution < 1.29 is 19.1 Å². The molecule has 2 N–H and O–H groups in total. The molecular formula is C27H19Cl2N3O4. The number of benzene rings is 4. The average molecular weight is 520 g/mol. The molecule has 0 spiro atoms. The number of carbonyl (C=O) groups is 3. The largest absolute Gasteiger partial charge is 0.422 e. The highest BCUT2D eigenvalue weighted by atomic mass is 35.5. The molecule has 36 heavy (non-hydrogen) atoms. The number of halogens is 2. The van der Waals surface area contributed by atoms with Crippen molar-refractivity contribution in [3.63, 3.8) is 0 Å². The Bertz CT molecular complexity index is 1500. The Labute approximate surface area is 216 Å². The van der Waals surface area contributed by atoms with Gasteiger partial charge in [0.1, 0.15) is 5.75 Å². The van der Waals surface area contributed by atoms with E-state index in [1.807, 2.05) is 24.3 Å². The molecule has 9 heteroatoms. The first-order valence-corrected chi connectivity index (χ1v) is 11.5. The van der Waals surface area contributed by atoms with Crippen LogP contribution in [0.5, 0.6) is 5.75 Å². The number of anilines is 1. The summed E-state index contributed by atoms with van der Waals surface area (Å²) >= 11 is 11.9. The van der Waals surface area contributed by atoms with Gasteiger partial charge in [-0.1, -0.05) is 59.6 Å². The zero-order chi connectivity index (χ0) is 25.7. The van der Waals surface area contributed by atoms with Crippen LogP contribution >= 0.6 is 23.2 Å². The fourth-order valence-corrected chi connectivity index (χ4v) is 3.67. The highest BCUT2D eigenvalue weighted by molar-refractivity contribution is 6.40. The Kier molecular flexibility index (Phi) is 7.63. The van der Waals surface area contributed by atoms with E-state index in [4.69, 9.17) is 27.9 Å². The van der Waals surface area contributed by atoms with Gasteiger partial charge in [0.05, 0.1) is 11.8 Å². The Morgan fingerprint density at radius 3 is 2.39 bits per heavy atom. The van der Waals surface area contributed by atoms with Gasteiger partial charge in [-0.2, -0.15) is 5.10 Å². The van der Waals surface area contributed by atoms with Crippen molar-refractivity contribution in [2.24, 2.45) is 5.10 Å². The maximum Gasteiger partial charge on any atom is 0.343 e. The second-order valence-electron chi connectivity index (χ2n) is 7.66. The molecule has 4 rings (SSSR count). The standard InChI is InChI=1S/C27H19Cl2N3O4/c1-16-22(29)7-4-8-23(16)31-25(33)26(34)32-30-15-21-20-6-3-2-5-17(20)11-14-24(21)36-27(35)18-9-12-19(28)13-10-18/h2-15H,1H3,(H,31,33)(H,32,34)/b30-15-. The molecule has 180 valence electrons. The molecule has 0 unspecified atom stereocenters. The number of rotatable bonds is 5. The van der Waals surface area contributed by atoms with Gasteiger partial charge in [0.15, 0.2) is 0 Å². The molecular weight excluding hydrogens is 501 g/mol. The lowest BCUT2D eigenvalue weighted by molar-refractivity contribution is -0.136. The van der Waals surface area contributed by atoms with Crippen LogP contribution in [0.15, 0.2) is 84.0 Å². The van der Waals surface area contributed by atoms with Crippen LogP contribution in [0.3, 0.4) is 0 Å². The fourth-order valence-electron chi connectivity index (χ4n) is 3.37. The predicted molar refractivity (Wildman–Crippen MR) is 141 cm³/mol. The first kappa shape index (κ1) is 24.9. The third-order valence-electron chi connectivity index (χ3n) is 5.30. The third-order valence-corrected chi connectivity index (χ3v) is 5.96. The van der Waals surface area contributed by atoms with E-state index in [1.165, 1.54) is 6.21 Å². The second kappa shape index (κ2) is 11.0. The Morgan fingerprint density at radius 1 is 0.861 bits per heavy atom. The van der Waals surface area contributed by atoms with Crippen molar-refractivity contribution in [1.29, 1.82) is 0 Å². The Morgan fingerprint density at radius 2 is 1.61 bits per heavy atom. The highest BCUT2D eigenvalue weighted by Gasteiger charge is 2.16. The number of hydrogen-bond acceptors (Lipinski definition) is 5. The minimum atomic E-state index is -0.981. The van der Waals surface area contributed by atoms with Gasteiger partial charge >= 0.3 is 17.8 Å². The summed E-state index contributed by atoms with van der Waals surface area (Å²) in [6.07, 6.45) is 1.32. The molecule has 4 aromatic rings. The lowest BCUT2D eigenvalue weighted by Crippen LogP contribution is -2.32. The van der Waals surface area contributed by atoms with Gasteiger partial charge in [0, 0.05) is 21.3 Å². The quantitative estimate of drug-likeness (QED) is 0.115. The maximum absolute atomic E-state index is 12.7. The Hall–Kier alpha value is -4.20. The van der Waals surface area contributed by atoms with E-state index in [1.54, 1.807) is 61.5 Å². The van der Waals surface area contributed by atoms with Crippen molar-refractivity contribution in [2.45, 2.75) is 6.92 Å². The van der Waals surface area contributed by atoms with Crippen LogP contribution in [0.1, 0.15) is 21.5 Å². The van der Waals surface area contributed by atoms with Crippen molar-refractivity contribution in [1.82, 2.24) is 5.43 Å². The van der Waals surface area contributed by atoms with Gasteiger partial charge in [-0.25, -0.2) is 10.2 Å². The summed E-state index contributed by atoms with van der Waals surface area (Å²) in [4.78, 5) is 37.3. The van der Waals surface area contributed by atoms with Crippen LogP contribution in [-0.2, 0) is 9.59 Å². The number of carbonyl (C=O) groups excluding carboxylic acids is 3. The second-order valence-corrected chi connectivity index (χ2v) is 8.50. The molecule has 2 amide bonds. The van der Waals surface area contributed by atoms with E-state index in [9.17, 15) is 14.4 Å². The first-order valence-electron chi connectivity index (χ1n) is 10.7. The van der Waals surface area contributed by atoms with Crippen molar-refractivity contribution in [2.75, 3.05) is 5.32 Å². The molecule has 0 aliphatic rings. The van der Waals surface area contributed by atoms with Gasteiger partial charge in [0.2, 0.25) is 0 Å². The van der Waals surface area contributed by atoms with Crippen LogP contribution in [-0.4, -0.2) is 24.0 Å². The minimum absolute atomic E-state index is 0.227. The zero-order valence-corrected chi connectivity index (χ0v) is 20.4. The predicted octanol–water partition coefficient (Wildman–Crippen LogP) is 5.76. The first-order chi connectivity index (χ1) is 17.3. The fraction of sp³-hybridized carbons (Fsp3) is 0.0370. The van der Waals surface area contributed by atoms with E-state index in [-0.39, 0.29) is 5.75 Å². The number of amides is 2. The molecule has 0 radical (unpaired) electrons. The van der Waals surface area contributed by atoms with E-state index >= 15 is 0 Å². The molecule has 0 atom stereocenters. The Balaban J connectivity index is 1.54. The molecule has 0 aromatic heterocycles. The smallest absolute Gasteiger partial charge is 0.343 e. The maximum atomic E-state index is 12.7. The van der Waals surface area contributed by atoms with Gasteiger partial charge in [0.25, 0.3) is 0 Å². The zero-order valence-electron chi connectivity index (χ0n) is 18.9. The van der Waals surface area contributed by atoms with Crippen LogP contribution in [0.25, 0.3) is 10.8 Å². The summed E-state index contributed by atoms with van der Waals surface area (Å²) in [5, 5.41) is 8.98. The number of ether oxygens (including phenoxy) is 1. The summed E-state index contributed by atoms with van der Waals surface area (Å²) < 4.78 is 5.61. The normalized spacial score (nSPS) is 10.9. The number of esters is 1. The molecule has 0 aliphatic carbocycles. The molecule has 0 aliphatic heterocycles. The minimum Gasteiger partial charge on any atom is -0.422 e. The number of fused-ring (bicyclic) bond motifs is 1. The highest BCUT2D eigenvalue weighted by Crippen LogP contribution is 2.28. The molecule has 4 aromatic carbocycles. The summed E-state index contributed by atoms with van der Waals surface area (Å²) in [7, 11) is 0. The summed E-state index contributed by atoms with van der Waals surface area (Å²) in [6, 6.07) is 22.1. The lowest BCUT2D eigenvalue weighted by atomic mass is 10.0. The van der Waals surface area contributed by atoms with Crippen LogP contribution in [0.2, 0.25) is 10.0 Å². The average Bonchev–Trinajstić information content (AvgIpc) is 2.88. The van der Waals surface area contributed by atoms with Crippen LogP contribution < -0.4 is 15.5 Å². The third kappa shape index (κ3) is 5.71. The van der Waals surface area contributed by atoms with E-state index < -0.39 is 17.8 Å². The molecule has 0 bridgehead atoms. The number of nitrogens with zero attached hydrogens (tertiary/aromatic N) is 1. The molecule has 0 heterocycles. The molecule has 7 nitrogen and oxygen atoms in total. The van der Waals surface area contributed by atoms with Gasteiger partial charge in [-0.3, -0.25) is 9.59 Å². The summed E-state index contributed by atoms with van der Waals surface area (Å²) in [5.41, 5.74) is 4.01. The van der Waals surface area contributed by atoms with Gasteiger partial charge in [-0.15, -0.1) is 0 Å². The van der Waals surface area contributed by atoms with Gasteiger partial charge in [-0.05, 0) is 65.7 Å². The van der Waals surface area contributed by atoms with E-state index in [0.717, 1.165) is 10.8 Å². The lowest BCUT2D eigenvalue weighted by Gasteiger charge is -2.11. The molecule has 0 saturated carbocycles. The monoisotopic (exact) mass is 519 g/mol. The van der Waals surface area contributed by atoms with Crippen molar-refractivity contribution in [3.05, 3.63) is 106 Å². The van der Waals surface area contributed by atoms with Crippen LogP contribution in [0.4, 0.5) is 5.69 Å². The van der Waals surface area contributed by atoms with Crippen LogP contribution in [0, 0.1) is 6.92 Å². The summed E-state index contributed by atoms with van der Waals surface area (Å²) in [5.74, 6) is -2.25. The number of nitrogens with one attached hydrogen (secondary N) is 2. The number of hydrogen-bond donors (Lipinski definition) is 2. The molecule has 0 saturated heterocycles. The topological polar surface area (TPSA) is 96.9 Å². The summed E-state index contributed by atoms with van der Waals surface area (Å²) in [6.45, 7) is 1.72. The van der Waals surface area contributed by atoms with Crippen molar-refractivity contribution in [3.8, 4) is 5.75 Å².